The number of anilines is 1. The van der Waals surface area contributed by atoms with Gasteiger partial charge in [0.25, 0.3) is 0 Å². The van der Waals surface area contributed by atoms with Crippen molar-refractivity contribution in [1.29, 1.82) is 0 Å². The lowest BCUT2D eigenvalue weighted by molar-refractivity contribution is -0.149. The van der Waals surface area contributed by atoms with Crippen LogP contribution in [-0.2, 0) is 28.1 Å². The van der Waals surface area contributed by atoms with Gasteiger partial charge in [0, 0.05) is 7.05 Å². The van der Waals surface area contributed by atoms with Crippen molar-refractivity contribution in [1.82, 2.24) is 24.6 Å². The number of ether oxygens (including phenoxy) is 3. The molecule has 1 aliphatic rings. The number of aliphatic hydroxyl groups is 1. The molecule has 4 rings (SSSR count). The fourth-order valence-corrected chi connectivity index (χ4v) is 6.47. The largest absolute Gasteiger partial charge is 0.462 e. The van der Waals surface area contributed by atoms with E-state index in [-0.39, 0.29) is 35.2 Å². The molecule has 264 valence electrons. The number of amides is 1. The number of imidazole rings is 1. The number of hydrogen-bond donors (Lipinski definition) is 2. The lowest BCUT2D eigenvalue weighted by atomic mass is 9.98. The smallest absolute Gasteiger partial charge is 0.459 e. The highest BCUT2D eigenvalue weighted by Crippen LogP contribution is 2.48. The van der Waals surface area contributed by atoms with Crippen molar-refractivity contribution in [2.75, 3.05) is 25.2 Å². The van der Waals surface area contributed by atoms with Crippen molar-refractivity contribution in [2.45, 2.75) is 97.1 Å². The Balaban J connectivity index is 1.56. The SMILES string of the molecule is CCCCCOC(=O)N(C)c1nc(C)nc2c1ncn2[C@@H]1O[C@H](COP(=O)(N[C@@H](C)C(=O)OC(C)C)Oc2ccccc2)[C@@H](O)[C@@]1(C)F. The number of para-hydroxylation sites is 1. The first-order chi connectivity index (χ1) is 22.7. The van der Waals surface area contributed by atoms with Crippen LogP contribution in [0.15, 0.2) is 36.7 Å². The van der Waals surface area contributed by atoms with Crippen LogP contribution in [-0.4, -0.2) is 87.0 Å². The third kappa shape index (κ3) is 8.66. The Morgan fingerprint density at radius 2 is 1.92 bits per heavy atom. The second kappa shape index (κ2) is 15.7. The molecule has 0 radical (unpaired) electrons. The van der Waals surface area contributed by atoms with E-state index in [9.17, 15) is 19.3 Å². The molecule has 3 heterocycles. The first-order valence-corrected chi connectivity index (χ1v) is 17.3. The van der Waals surface area contributed by atoms with Crippen LogP contribution in [0.3, 0.4) is 0 Å². The molecule has 2 N–H and O–H groups in total. The van der Waals surface area contributed by atoms with E-state index >= 15 is 4.39 Å². The molecule has 1 aromatic carbocycles. The summed E-state index contributed by atoms with van der Waals surface area (Å²) < 4.78 is 59.4. The Hall–Kier alpha value is -3.69. The number of rotatable bonds is 15. The molecule has 0 aliphatic carbocycles. The number of nitrogens with zero attached hydrogens (tertiary/aromatic N) is 5. The zero-order valence-electron chi connectivity index (χ0n) is 28.2. The average molecular weight is 695 g/mol. The molecular weight excluding hydrogens is 650 g/mol. The lowest BCUT2D eigenvalue weighted by Gasteiger charge is -2.25. The molecule has 1 fully saturated rings. The summed E-state index contributed by atoms with van der Waals surface area (Å²) in [5.41, 5.74) is -2.10. The Morgan fingerprint density at radius 3 is 2.58 bits per heavy atom. The van der Waals surface area contributed by atoms with Crippen molar-refractivity contribution in [3.8, 4) is 5.75 Å². The van der Waals surface area contributed by atoms with Crippen LogP contribution in [0.1, 0.15) is 65.9 Å². The molecule has 2 aromatic heterocycles. The number of hydrogen-bond acceptors (Lipinski definition) is 12. The predicted molar refractivity (Wildman–Crippen MR) is 173 cm³/mol. The van der Waals surface area contributed by atoms with Gasteiger partial charge in [0.05, 0.1) is 25.6 Å². The van der Waals surface area contributed by atoms with Crippen molar-refractivity contribution in [2.24, 2.45) is 0 Å². The van der Waals surface area contributed by atoms with E-state index in [1.807, 2.05) is 6.92 Å². The topological polar surface area (TPSA) is 176 Å². The molecule has 17 heteroatoms. The van der Waals surface area contributed by atoms with Crippen LogP contribution < -0.4 is 14.5 Å². The molecule has 1 unspecified atom stereocenters. The Labute approximate surface area is 278 Å². The van der Waals surface area contributed by atoms with E-state index in [0.29, 0.717) is 0 Å². The molecule has 1 amide bonds. The van der Waals surface area contributed by atoms with E-state index in [0.717, 1.165) is 26.2 Å². The van der Waals surface area contributed by atoms with Crippen LogP contribution in [0, 0.1) is 6.92 Å². The number of carbonyl (C=O) groups excluding carboxylic acids is 2. The van der Waals surface area contributed by atoms with Gasteiger partial charge >= 0.3 is 19.8 Å². The number of benzene rings is 1. The molecule has 1 saturated heterocycles. The predicted octanol–water partition coefficient (Wildman–Crippen LogP) is 5.02. The van der Waals surface area contributed by atoms with Crippen LogP contribution in [0.5, 0.6) is 5.75 Å². The summed E-state index contributed by atoms with van der Waals surface area (Å²) in [6, 6.07) is 7.00. The summed E-state index contributed by atoms with van der Waals surface area (Å²) in [4.78, 5) is 39.6. The van der Waals surface area contributed by atoms with Gasteiger partial charge in [0.2, 0.25) is 0 Å². The summed E-state index contributed by atoms with van der Waals surface area (Å²) >= 11 is 0. The minimum atomic E-state index is -4.33. The van der Waals surface area contributed by atoms with Gasteiger partial charge in [0.15, 0.2) is 28.9 Å². The molecule has 48 heavy (non-hydrogen) atoms. The zero-order valence-corrected chi connectivity index (χ0v) is 29.1. The zero-order chi connectivity index (χ0) is 35.2. The first kappa shape index (κ1) is 37.1. The third-order valence-electron chi connectivity index (χ3n) is 7.48. The Morgan fingerprint density at radius 1 is 1.21 bits per heavy atom. The number of alkyl halides is 1. The lowest BCUT2D eigenvalue weighted by Crippen LogP contribution is -2.41. The highest BCUT2D eigenvalue weighted by Gasteiger charge is 2.56. The number of halogens is 1. The maximum absolute atomic E-state index is 16.3. The summed E-state index contributed by atoms with van der Waals surface area (Å²) in [6.45, 7) is 9.20. The van der Waals surface area contributed by atoms with Gasteiger partial charge in [-0.1, -0.05) is 38.0 Å². The Bertz CT molecular complexity index is 1610. The second-order valence-electron chi connectivity index (χ2n) is 12.0. The summed E-state index contributed by atoms with van der Waals surface area (Å²) in [7, 11) is -2.85. The third-order valence-corrected chi connectivity index (χ3v) is 9.13. The van der Waals surface area contributed by atoms with Crippen LogP contribution >= 0.6 is 7.75 Å². The van der Waals surface area contributed by atoms with Crippen molar-refractivity contribution in [3.63, 3.8) is 0 Å². The number of aryl methyl sites for hydroxylation is 1. The highest BCUT2D eigenvalue weighted by atomic mass is 31.2. The van der Waals surface area contributed by atoms with E-state index in [1.165, 1.54) is 41.9 Å². The molecule has 1 aliphatic heterocycles. The standard InChI is InChI=1S/C31H44FN6O9P/c1-8-9-13-16-43-30(41)37(7)26-24-27(35-21(5)34-26)38(18-33-24)29-31(6,32)25(39)23(46-29)17-44-48(42,47-22-14-11-10-12-15-22)36-20(4)28(40)45-19(2)3/h10-12,14-15,18-20,23,25,29,39H,8-9,13,16-17H2,1-7H3,(H,36,42)/t20-,23+,25+,29+,31+,48?/m0/s1. The number of nitrogens with one attached hydrogen (secondary N) is 1. The monoisotopic (exact) mass is 694 g/mol. The van der Waals surface area contributed by atoms with Crippen LogP contribution in [0.4, 0.5) is 15.0 Å². The van der Waals surface area contributed by atoms with Crippen LogP contribution in [0.2, 0.25) is 0 Å². The number of aliphatic hydroxyl groups excluding tert-OH is 1. The fourth-order valence-electron chi connectivity index (χ4n) is 4.96. The van der Waals surface area contributed by atoms with Gasteiger partial charge in [-0.3, -0.25) is 18.8 Å². The van der Waals surface area contributed by atoms with Gasteiger partial charge in [-0.25, -0.2) is 28.7 Å². The van der Waals surface area contributed by atoms with Gasteiger partial charge in [-0.05, 0) is 53.2 Å². The minimum Gasteiger partial charge on any atom is -0.462 e. The highest BCUT2D eigenvalue weighted by molar-refractivity contribution is 7.52. The van der Waals surface area contributed by atoms with Gasteiger partial charge < -0.3 is 23.8 Å². The molecule has 0 saturated carbocycles. The second-order valence-corrected chi connectivity index (χ2v) is 13.6. The average Bonchev–Trinajstić information content (AvgIpc) is 3.54. The molecular formula is C31H44FN6O9P. The summed E-state index contributed by atoms with van der Waals surface area (Å²) in [6.07, 6.45) is -1.77. The van der Waals surface area contributed by atoms with Crippen molar-refractivity contribution >= 4 is 36.8 Å². The molecule has 15 nitrogen and oxygen atoms in total. The van der Waals surface area contributed by atoms with Gasteiger partial charge in [0.1, 0.15) is 29.8 Å². The molecule has 6 atom stereocenters. The quantitative estimate of drug-likeness (QED) is 0.123. The van der Waals surface area contributed by atoms with E-state index in [2.05, 4.69) is 20.0 Å². The number of unbranched alkanes of at least 4 members (excludes halogenated alkanes) is 2. The number of aromatic nitrogens is 4. The first-order valence-electron chi connectivity index (χ1n) is 15.8. The number of fused-ring (bicyclic) bond motifs is 1. The molecule has 0 bridgehead atoms. The van der Waals surface area contributed by atoms with Crippen molar-refractivity contribution < 1.29 is 46.9 Å². The summed E-state index contributed by atoms with van der Waals surface area (Å²) in [5.74, 6) is -0.118. The Kier molecular flexibility index (Phi) is 12.1. The maximum atomic E-state index is 16.3. The van der Waals surface area contributed by atoms with Crippen LogP contribution in [0.25, 0.3) is 11.2 Å². The van der Waals surface area contributed by atoms with E-state index in [1.54, 1.807) is 39.0 Å². The number of carbonyl (C=O) groups is 2. The number of esters is 1. The van der Waals surface area contributed by atoms with E-state index < -0.39 is 62.7 Å². The van der Waals surface area contributed by atoms with E-state index in [4.69, 9.17) is 23.3 Å². The minimum absolute atomic E-state index is 0.142. The molecule has 3 aromatic rings. The van der Waals surface area contributed by atoms with Crippen molar-refractivity contribution in [3.05, 3.63) is 42.5 Å². The van der Waals surface area contributed by atoms with Gasteiger partial charge in [-0.2, -0.15) is 5.09 Å². The van der Waals surface area contributed by atoms with Gasteiger partial charge in [-0.15, -0.1) is 0 Å². The molecule has 0 spiro atoms. The normalized spacial score (nSPS) is 22.8. The fraction of sp³-hybridized carbons (Fsp3) is 0.581. The summed E-state index contributed by atoms with van der Waals surface area (Å²) in [5, 5.41) is 13.6. The maximum Gasteiger partial charge on any atom is 0.459 e.